The molecule has 1 unspecified atom stereocenters. The van der Waals surface area contributed by atoms with Gasteiger partial charge in [-0.1, -0.05) is 25.5 Å². The number of hydrogen-bond acceptors (Lipinski definition) is 3. The predicted molar refractivity (Wildman–Crippen MR) is 104 cm³/mol. The average molecular weight is 338 g/mol. The van der Waals surface area contributed by atoms with E-state index in [9.17, 15) is 0 Å². The molecule has 1 atom stereocenters. The number of benzene rings is 1. The number of hydrogen-bond donors (Lipinski definition) is 1. The van der Waals surface area contributed by atoms with E-state index < -0.39 is 0 Å². The summed E-state index contributed by atoms with van der Waals surface area (Å²) in [7, 11) is 2.26. The van der Waals surface area contributed by atoms with Gasteiger partial charge in [0.05, 0.1) is 17.4 Å². The summed E-state index contributed by atoms with van der Waals surface area (Å²) in [5.41, 5.74) is 5.32. The fourth-order valence-corrected chi connectivity index (χ4v) is 4.28. The van der Waals surface area contributed by atoms with E-state index in [-0.39, 0.29) is 0 Å². The molecule has 0 aliphatic carbocycles. The van der Waals surface area contributed by atoms with Crippen molar-refractivity contribution >= 4 is 5.82 Å². The zero-order valence-corrected chi connectivity index (χ0v) is 15.6. The van der Waals surface area contributed by atoms with Gasteiger partial charge in [-0.2, -0.15) is 5.10 Å². The second-order valence-electron chi connectivity index (χ2n) is 7.52. The molecule has 1 aromatic carbocycles. The van der Waals surface area contributed by atoms with Crippen LogP contribution >= 0.6 is 0 Å². The Bertz CT molecular complexity index is 716. The Morgan fingerprint density at radius 1 is 1.12 bits per heavy atom. The second kappa shape index (κ2) is 7.20. The van der Waals surface area contributed by atoms with Crippen LogP contribution in [0.25, 0.3) is 5.69 Å². The number of rotatable bonds is 3. The molecule has 2 aromatic rings. The monoisotopic (exact) mass is 338 g/mol. The molecule has 1 saturated heterocycles. The lowest BCUT2D eigenvalue weighted by Gasteiger charge is -2.31. The standard InChI is InChI=1S/C21H30N4/c1-3-16-10-12-17(13-11-16)25-21-18(8-4-6-14-22-21)20(23-25)19-9-5-7-15-24(19)2/h10-13,19,22H,3-9,14-15H2,1-2H3. The first-order valence-corrected chi connectivity index (χ1v) is 9.93. The van der Waals surface area contributed by atoms with E-state index in [4.69, 9.17) is 5.10 Å². The van der Waals surface area contributed by atoms with Crippen molar-refractivity contribution in [2.75, 3.05) is 25.5 Å². The molecule has 3 heterocycles. The van der Waals surface area contributed by atoms with Crippen LogP contribution in [0.5, 0.6) is 0 Å². The number of likely N-dealkylation sites (tertiary alicyclic amines) is 1. The van der Waals surface area contributed by atoms with Gasteiger partial charge in [0.15, 0.2) is 0 Å². The van der Waals surface area contributed by atoms with Crippen molar-refractivity contribution in [3.8, 4) is 5.69 Å². The molecule has 25 heavy (non-hydrogen) atoms. The molecule has 4 rings (SSSR count). The van der Waals surface area contributed by atoms with Crippen LogP contribution in [0.3, 0.4) is 0 Å². The highest BCUT2D eigenvalue weighted by Gasteiger charge is 2.29. The van der Waals surface area contributed by atoms with Crippen molar-refractivity contribution < 1.29 is 0 Å². The van der Waals surface area contributed by atoms with Crippen molar-refractivity contribution in [2.24, 2.45) is 0 Å². The van der Waals surface area contributed by atoms with Gasteiger partial charge in [0, 0.05) is 12.1 Å². The van der Waals surface area contributed by atoms with Crippen LogP contribution in [0.1, 0.15) is 61.9 Å². The SMILES string of the molecule is CCc1ccc(-n2nc(C3CCCCN3C)c3c2NCCCC3)cc1. The molecule has 4 heteroatoms. The Labute approximate surface area is 151 Å². The van der Waals surface area contributed by atoms with Gasteiger partial charge >= 0.3 is 0 Å². The van der Waals surface area contributed by atoms with Crippen molar-refractivity contribution in [2.45, 2.75) is 57.9 Å². The molecule has 2 aliphatic heterocycles. The summed E-state index contributed by atoms with van der Waals surface area (Å²) in [6.45, 7) is 4.43. The van der Waals surface area contributed by atoms with E-state index >= 15 is 0 Å². The summed E-state index contributed by atoms with van der Waals surface area (Å²) < 4.78 is 2.16. The van der Waals surface area contributed by atoms with Gasteiger partial charge in [-0.3, -0.25) is 4.90 Å². The molecule has 4 nitrogen and oxygen atoms in total. The van der Waals surface area contributed by atoms with Crippen LogP contribution in [0.4, 0.5) is 5.82 Å². The fraction of sp³-hybridized carbons (Fsp3) is 0.571. The van der Waals surface area contributed by atoms with Crippen LogP contribution in [0.2, 0.25) is 0 Å². The lowest BCUT2D eigenvalue weighted by atomic mass is 9.96. The molecule has 0 radical (unpaired) electrons. The summed E-state index contributed by atoms with van der Waals surface area (Å²) >= 11 is 0. The average Bonchev–Trinajstić information content (AvgIpc) is 2.83. The smallest absolute Gasteiger partial charge is 0.133 e. The van der Waals surface area contributed by atoms with Crippen molar-refractivity contribution in [3.05, 3.63) is 41.1 Å². The van der Waals surface area contributed by atoms with Gasteiger partial charge in [0.2, 0.25) is 0 Å². The van der Waals surface area contributed by atoms with Gasteiger partial charge < -0.3 is 5.32 Å². The van der Waals surface area contributed by atoms with E-state index in [0.717, 1.165) is 19.4 Å². The Morgan fingerprint density at radius 3 is 2.72 bits per heavy atom. The van der Waals surface area contributed by atoms with Gasteiger partial charge in [-0.25, -0.2) is 4.68 Å². The minimum Gasteiger partial charge on any atom is -0.370 e. The molecule has 1 aromatic heterocycles. The highest BCUT2D eigenvalue weighted by molar-refractivity contribution is 5.55. The predicted octanol–water partition coefficient (Wildman–Crippen LogP) is 4.34. The van der Waals surface area contributed by atoms with E-state index in [1.165, 1.54) is 67.0 Å². The molecule has 2 aliphatic rings. The maximum Gasteiger partial charge on any atom is 0.133 e. The van der Waals surface area contributed by atoms with Gasteiger partial charge in [-0.15, -0.1) is 0 Å². The zero-order chi connectivity index (χ0) is 17.2. The second-order valence-corrected chi connectivity index (χ2v) is 7.52. The molecule has 0 spiro atoms. The number of nitrogens with zero attached hydrogens (tertiary/aromatic N) is 3. The van der Waals surface area contributed by atoms with E-state index in [0.29, 0.717) is 6.04 Å². The van der Waals surface area contributed by atoms with Crippen LogP contribution in [0.15, 0.2) is 24.3 Å². The van der Waals surface area contributed by atoms with Crippen LogP contribution < -0.4 is 5.32 Å². The van der Waals surface area contributed by atoms with Gasteiger partial charge in [0.1, 0.15) is 5.82 Å². The number of anilines is 1. The van der Waals surface area contributed by atoms with Gasteiger partial charge in [0.25, 0.3) is 0 Å². The minimum atomic E-state index is 0.471. The Hall–Kier alpha value is -1.81. The van der Waals surface area contributed by atoms with E-state index in [2.05, 4.69) is 53.1 Å². The normalized spacial score (nSPS) is 21.4. The number of fused-ring (bicyclic) bond motifs is 1. The minimum absolute atomic E-state index is 0.471. The molecular weight excluding hydrogens is 308 g/mol. The Kier molecular flexibility index (Phi) is 4.80. The topological polar surface area (TPSA) is 33.1 Å². The lowest BCUT2D eigenvalue weighted by molar-refractivity contribution is 0.182. The number of piperidine rings is 1. The number of aromatic nitrogens is 2. The molecule has 0 amide bonds. The first-order valence-electron chi connectivity index (χ1n) is 9.93. The largest absolute Gasteiger partial charge is 0.370 e. The number of nitrogens with one attached hydrogen (secondary N) is 1. The highest BCUT2D eigenvalue weighted by atomic mass is 15.4. The highest BCUT2D eigenvalue weighted by Crippen LogP contribution is 2.36. The Balaban J connectivity index is 1.78. The molecule has 1 fully saturated rings. The van der Waals surface area contributed by atoms with Gasteiger partial charge in [-0.05, 0) is 69.8 Å². The lowest BCUT2D eigenvalue weighted by Crippen LogP contribution is -2.30. The summed E-state index contributed by atoms with van der Waals surface area (Å²) in [4.78, 5) is 2.50. The summed E-state index contributed by atoms with van der Waals surface area (Å²) in [6.07, 6.45) is 8.58. The molecule has 0 bridgehead atoms. The first-order chi connectivity index (χ1) is 12.3. The number of aryl methyl sites for hydroxylation is 1. The molecule has 134 valence electrons. The van der Waals surface area contributed by atoms with E-state index in [1.54, 1.807) is 0 Å². The maximum atomic E-state index is 5.15. The summed E-state index contributed by atoms with van der Waals surface area (Å²) in [5, 5.41) is 8.82. The van der Waals surface area contributed by atoms with Crippen molar-refractivity contribution in [3.63, 3.8) is 0 Å². The van der Waals surface area contributed by atoms with E-state index in [1.807, 2.05) is 0 Å². The third-order valence-corrected chi connectivity index (χ3v) is 5.84. The quantitative estimate of drug-likeness (QED) is 0.904. The molecular formula is C21H30N4. The maximum absolute atomic E-state index is 5.15. The fourth-order valence-electron chi connectivity index (χ4n) is 4.28. The first kappa shape index (κ1) is 16.6. The third kappa shape index (κ3) is 3.20. The zero-order valence-electron chi connectivity index (χ0n) is 15.6. The summed E-state index contributed by atoms with van der Waals surface area (Å²) in [5.74, 6) is 1.23. The third-order valence-electron chi connectivity index (χ3n) is 5.84. The van der Waals surface area contributed by atoms with Crippen LogP contribution in [-0.4, -0.2) is 34.8 Å². The Morgan fingerprint density at radius 2 is 1.96 bits per heavy atom. The van der Waals surface area contributed by atoms with Crippen molar-refractivity contribution in [1.29, 1.82) is 0 Å². The molecule has 1 N–H and O–H groups in total. The summed E-state index contributed by atoms with van der Waals surface area (Å²) in [6, 6.07) is 9.36. The van der Waals surface area contributed by atoms with Crippen molar-refractivity contribution in [1.82, 2.24) is 14.7 Å². The molecule has 0 saturated carbocycles. The van der Waals surface area contributed by atoms with Crippen LogP contribution in [-0.2, 0) is 12.8 Å². The van der Waals surface area contributed by atoms with Crippen LogP contribution in [0, 0.1) is 0 Å².